The molecule has 0 fully saturated rings. The number of rotatable bonds is 6. The molecule has 1 amide bonds. The first-order chi connectivity index (χ1) is 6.07. The Bertz CT molecular complexity index is 247. The minimum Gasteiger partial charge on any atom is -0.481 e. The van der Waals surface area contributed by atoms with Crippen LogP contribution in [0.5, 0.6) is 0 Å². The van der Waals surface area contributed by atoms with Gasteiger partial charge in [-0.1, -0.05) is 0 Å². The van der Waals surface area contributed by atoms with Gasteiger partial charge in [0.2, 0.25) is 6.41 Å². The summed E-state index contributed by atoms with van der Waals surface area (Å²) in [6.07, 6.45) is -0.374. The molecule has 7 nitrogen and oxygen atoms in total. The number of amides is 1. The van der Waals surface area contributed by atoms with Crippen molar-refractivity contribution in [3.8, 4) is 0 Å². The van der Waals surface area contributed by atoms with Gasteiger partial charge in [0.15, 0.2) is 0 Å². The van der Waals surface area contributed by atoms with Gasteiger partial charge in [0.05, 0.1) is 6.42 Å². The van der Waals surface area contributed by atoms with Crippen LogP contribution in [0.4, 0.5) is 0 Å². The van der Waals surface area contributed by atoms with Crippen molar-refractivity contribution in [3.63, 3.8) is 0 Å². The van der Waals surface area contributed by atoms with Crippen molar-refractivity contribution in [1.29, 1.82) is 0 Å². The molecule has 0 aliphatic carbocycles. The largest absolute Gasteiger partial charge is 0.481 e. The number of carboxylic acids is 2. The predicted octanol–water partition coefficient (Wildman–Crippen LogP) is -0.962. The molecular weight excluding hydrogens is 180 g/mol. The van der Waals surface area contributed by atoms with Crippen LogP contribution in [0.25, 0.3) is 0 Å². The highest BCUT2D eigenvalue weighted by molar-refractivity contribution is 6.35. The molecule has 0 aromatic rings. The van der Waals surface area contributed by atoms with E-state index in [1.54, 1.807) is 5.43 Å². The van der Waals surface area contributed by atoms with Gasteiger partial charge in [0.1, 0.15) is 5.71 Å². The Kier molecular flexibility index (Phi) is 4.85. The maximum absolute atomic E-state index is 10.3. The lowest BCUT2D eigenvalue weighted by molar-refractivity contribution is -0.136. The molecule has 0 bridgehead atoms. The number of nitrogens with one attached hydrogen (secondary N) is 1. The monoisotopic (exact) mass is 188 g/mol. The van der Waals surface area contributed by atoms with E-state index in [2.05, 4.69) is 5.10 Å². The summed E-state index contributed by atoms with van der Waals surface area (Å²) in [6.45, 7) is 0. The summed E-state index contributed by atoms with van der Waals surface area (Å²) in [7, 11) is 0. The molecule has 0 radical (unpaired) electrons. The van der Waals surface area contributed by atoms with E-state index in [-0.39, 0.29) is 19.3 Å². The van der Waals surface area contributed by atoms with E-state index in [9.17, 15) is 14.4 Å². The lowest BCUT2D eigenvalue weighted by Crippen LogP contribution is -2.18. The molecule has 0 saturated heterocycles. The number of hydrogen-bond acceptors (Lipinski definition) is 4. The van der Waals surface area contributed by atoms with Crippen LogP contribution in [-0.4, -0.2) is 34.3 Å². The maximum atomic E-state index is 10.3. The molecule has 0 aromatic carbocycles. The molecular formula is C6H8N2O5. The van der Waals surface area contributed by atoms with Crippen LogP contribution in [0.15, 0.2) is 5.10 Å². The van der Waals surface area contributed by atoms with Gasteiger partial charge in [-0.05, 0) is 0 Å². The van der Waals surface area contributed by atoms with Crippen LogP contribution >= 0.6 is 0 Å². The topological polar surface area (TPSA) is 116 Å². The van der Waals surface area contributed by atoms with Crippen molar-refractivity contribution in [2.45, 2.75) is 12.8 Å². The highest BCUT2D eigenvalue weighted by Gasteiger charge is 2.11. The van der Waals surface area contributed by atoms with Crippen LogP contribution in [0.2, 0.25) is 0 Å². The minimum absolute atomic E-state index is 0.198. The van der Waals surface area contributed by atoms with Crippen LogP contribution in [0.1, 0.15) is 12.8 Å². The molecule has 0 aliphatic rings. The van der Waals surface area contributed by atoms with E-state index in [0.29, 0.717) is 0 Å². The summed E-state index contributed by atoms with van der Waals surface area (Å²) in [4.78, 5) is 30.1. The van der Waals surface area contributed by atoms with Crippen LogP contribution in [0.3, 0.4) is 0 Å². The van der Waals surface area contributed by atoms with E-state index in [4.69, 9.17) is 10.2 Å². The number of hydrogen-bond donors (Lipinski definition) is 3. The normalized spacial score (nSPS) is 10.6. The van der Waals surface area contributed by atoms with E-state index < -0.39 is 17.7 Å². The van der Waals surface area contributed by atoms with Gasteiger partial charge in [0.25, 0.3) is 0 Å². The third-order valence-electron chi connectivity index (χ3n) is 1.07. The van der Waals surface area contributed by atoms with Crippen molar-refractivity contribution in [2.75, 3.05) is 0 Å². The SMILES string of the molecule is O=CNN=C(CCC(=O)O)C(=O)O. The maximum Gasteiger partial charge on any atom is 0.352 e. The fraction of sp³-hybridized carbons (Fsp3) is 0.333. The van der Waals surface area contributed by atoms with Crippen molar-refractivity contribution < 1.29 is 24.6 Å². The highest BCUT2D eigenvalue weighted by Crippen LogP contribution is 1.93. The number of carbonyl (C=O) groups is 3. The van der Waals surface area contributed by atoms with E-state index in [0.717, 1.165) is 0 Å². The molecule has 72 valence electrons. The van der Waals surface area contributed by atoms with Crippen molar-refractivity contribution in [3.05, 3.63) is 0 Å². The van der Waals surface area contributed by atoms with Gasteiger partial charge in [-0.2, -0.15) is 5.10 Å². The quantitative estimate of drug-likeness (QED) is 0.282. The Hall–Kier alpha value is -1.92. The second kappa shape index (κ2) is 5.70. The van der Waals surface area contributed by atoms with E-state index >= 15 is 0 Å². The summed E-state index contributed by atoms with van der Waals surface area (Å²) in [5, 5.41) is 19.8. The van der Waals surface area contributed by atoms with Crippen molar-refractivity contribution >= 4 is 24.1 Å². The predicted molar refractivity (Wildman–Crippen MR) is 41.1 cm³/mol. The highest BCUT2D eigenvalue weighted by atomic mass is 16.4. The van der Waals surface area contributed by atoms with Crippen LogP contribution in [-0.2, 0) is 14.4 Å². The molecule has 0 spiro atoms. The Balaban J connectivity index is 4.17. The first kappa shape index (κ1) is 11.1. The van der Waals surface area contributed by atoms with E-state index in [1.165, 1.54) is 0 Å². The number of nitrogens with zero attached hydrogens (tertiary/aromatic N) is 1. The first-order valence-electron chi connectivity index (χ1n) is 3.28. The summed E-state index contributed by atoms with van der Waals surface area (Å²) in [5.74, 6) is -2.48. The molecule has 3 N–H and O–H groups in total. The molecule has 0 atom stereocenters. The second-order valence-corrected chi connectivity index (χ2v) is 2.00. The average molecular weight is 188 g/mol. The zero-order valence-electron chi connectivity index (χ0n) is 6.56. The van der Waals surface area contributed by atoms with Gasteiger partial charge < -0.3 is 10.2 Å². The standard InChI is InChI=1S/C6H8N2O5/c9-3-7-8-4(6(12)13)1-2-5(10)11/h3H,1-2H2,(H,7,9)(H,10,11)(H,12,13). The first-order valence-corrected chi connectivity index (χ1v) is 3.28. The van der Waals surface area contributed by atoms with Gasteiger partial charge in [-0.25, -0.2) is 10.2 Å². The Morgan fingerprint density at radius 1 is 1.31 bits per heavy atom. The third kappa shape index (κ3) is 5.36. The van der Waals surface area contributed by atoms with Crippen molar-refractivity contribution in [2.24, 2.45) is 5.10 Å². The summed E-state index contributed by atoms with van der Waals surface area (Å²) in [5.41, 5.74) is 1.39. The molecule has 7 heteroatoms. The van der Waals surface area contributed by atoms with E-state index in [1.807, 2.05) is 0 Å². The smallest absolute Gasteiger partial charge is 0.352 e. The summed E-state index contributed by atoms with van der Waals surface area (Å²) >= 11 is 0. The van der Waals surface area contributed by atoms with Crippen molar-refractivity contribution in [1.82, 2.24) is 5.43 Å². The number of hydrazone groups is 1. The van der Waals surface area contributed by atoms with Gasteiger partial charge in [-0.3, -0.25) is 9.59 Å². The Labute approximate surface area is 73.1 Å². The van der Waals surface area contributed by atoms with Gasteiger partial charge >= 0.3 is 11.9 Å². The van der Waals surface area contributed by atoms with Crippen LogP contribution < -0.4 is 5.43 Å². The fourth-order valence-electron chi connectivity index (χ4n) is 0.540. The summed E-state index contributed by atoms with van der Waals surface area (Å²) in [6, 6.07) is 0. The number of carbonyl (C=O) groups excluding carboxylic acids is 1. The molecule has 0 saturated carbocycles. The Morgan fingerprint density at radius 3 is 2.31 bits per heavy atom. The number of aliphatic carboxylic acids is 2. The lowest BCUT2D eigenvalue weighted by atomic mass is 10.2. The second-order valence-electron chi connectivity index (χ2n) is 2.00. The minimum atomic E-state index is -1.35. The number of carboxylic acid groups (broad SMARTS) is 2. The van der Waals surface area contributed by atoms with Crippen LogP contribution in [0, 0.1) is 0 Å². The molecule has 0 aromatic heterocycles. The summed E-state index contributed by atoms with van der Waals surface area (Å²) < 4.78 is 0. The zero-order chi connectivity index (χ0) is 10.3. The zero-order valence-corrected chi connectivity index (χ0v) is 6.56. The lowest BCUT2D eigenvalue weighted by Gasteiger charge is -1.96. The molecule has 13 heavy (non-hydrogen) atoms. The molecule has 0 unspecified atom stereocenters. The van der Waals surface area contributed by atoms with Gasteiger partial charge in [-0.15, -0.1) is 0 Å². The Morgan fingerprint density at radius 2 is 1.92 bits per heavy atom. The molecule has 0 heterocycles. The fourth-order valence-corrected chi connectivity index (χ4v) is 0.540. The molecule has 0 aliphatic heterocycles. The molecule has 0 rings (SSSR count). The van der Waals surface area contributed by atoms with Gasteiger partial charge in [0, 0.05) is 6.42 Å². The third-order valence-corrected chi connectivity index (χ3v) is 1.07. The average Bonchev–Trinajstić information content (AvgIpc) is 2.03.